The Balaban J connectivity index is 1.12. The average Bonchev–Trinajstić information content (AvgIpc) is 3.74. The second-order valence-corrected chi connectivity index (χ2v) is 12.4. The van der Waals surface area contributed by atoms with Gasteiger partial charge in [-0.05, 0) is 65.7 Å². The first-order valence-electron chi connectivity index (χ1n) is 16.7. The van der Waals surface area contributed by atoms with Gasteiger partial charge in [-0.2, -0.15) is 0 Å². The summed E-state index contributed by atoms with van der Waals surface area (Å²) in [6, 6.07) is 58.5. The van der Waals surface area contributed by atoms with Crippen molar-refractivity contribution in [3.05, 3.63) is 170 Å². The molecule has 234 valence electrons. The molecule has 0 radical (unpaired) electrons. The summed E-state index contributed by atoms with van der Waals surface area (Å²) in [5.41, 5.74) is 10.2. The number of fused-ring (bicyclic) bond motifs is 7. The molecule has 0 aliphatic heterocycles. The second kappa shape index (κ2) is 11.4. The van der Waals surface area contributed by atoms with Crippen LogP contribution < -0.4 is 0 Å². The Labute approximate surface area is 287 Å². The molecule has 10 aromatic rings. The molecule has 5 nitrogen and oxygen atoms in total. The SMILES string of the molecule is c1ccc(-c2cccc(-c3nc(-c4ccccc4)nc(-c4ccc(-n5c6ccccc6c6c7c(ccc65)oc5ccccc57)cc4)n3)c2)cc1. The summed E-state index contributed by atoms with van der Waals surface area (Å²) in [6.45, 7) is 0. The lowest BCUT2D eigenvalue weighted by Gasteiger charge is -2.11. The highest BCUT2D eigenvalue weighted by molar-refractivity contribution is 6.27. The summed E-state index contributed by atoms with van der Waals surface area (Å²) in [5.74, 6) is 1.90. The van der Waals surface area contributed by atoms with Crippen LogP contribution in [0.3, 0.4) is 0 Å². The van der Waals surface area contributed by atoms with E-state index < -0.39 is 0 Å². The lowest BCUT2D eigenvalue weighted by molar-refractivity contribution is 0.669. The van der Waals surface area contributed by atoms with Crippen molar-refractivity contribution in [3.63, 3.8) is 0 Å². The van der Waals surface area contributed by atoms with Gasteiger partial charge in [0.15, 0.2) is 17.5 Å². The quantitative estimate of drug-likeness (QED) is 0.188. The number of benzene rings is 7. The molecule has 0 saturated heterocycles. The summed E-state index contributed by atoms with van der Waals surface area (Å²) in [5, 5.41) is 4.66. The van der Waals surface area contributed by atoms with Crippen molar-refractivity contribution in [2.24, 2.45) is 0 Å². The monoisotopic (exact) mass is 640 g/mol. The average molecular weight is 641 g/mol. The van der Waals surface area contributed by atoms with E-state index in [0.717, 1.165) is 66.5 Å². The normalized spacial score (nSPS) is 11.6. The third kappa shape index (κ3) is 4.60. The minimum absolute atomic E-state index is 0.624. The zero-order valence-corrected chi connectivity index (χ0v) is 26.9. The van der Waals surface area contributed by atoms with E-state index in [0.29, 0.717) is 17.5 Å². The van der Waals surface area contributed by atoms with Gasteiger partial charge in [-0.25, -0.2) is 15.0 Å². The molecular weight excluding hydrogens is 613 g/mol. The molecule has 7 aromatic carbocycles. The fourth-order valence-corrected chi connectivity index (χ4v) is 7.13. The lowest BCUT2D eigenvalue weighted by atomic mass is 10.0. The van der Waals surface area contributed by atoms with Crippen molar-refractivity contribution in [2.75, 3.05) is 0 Å². The van der Waals surface area contributed by atoms with Crippen molar-refractivity contribution < 1.29 is 4.42 Å². The van der Waals surface area contributed by atoms with Gasteiger partial charge < -0.3 is 8.98 Å². The summed E-state index contributed by atoms with van der Waals surface area (Å²) >= 11 is 0. The van der Waals surface area contributed by atoms with Crippen LogP contribution >= 0.6 is 0 Å². The largest absolute Gasteiger partial charge is 0.456 e. The molecule has 10 rings (SSSR count). The van der Waals surface area contributed by atoms with Crippen LogP contribution in [0.1, 0.15) is 0 Å². The van der Waals surface area contributed by atoms with Gasteiger partial charge >= 0.3 is 0 Å². The van der Waals surface area contributed by atoms with Gasteiger partial charge in [-0.15, -0.1) is 0 Å². The molecule has 5 heteroatoms. The third-order valence-corrected chi connectivity index (χ3v) is 9.46. The van der Waals surface area contributed by atoms with Gasteiger partial charge in [0.25, 0.3) is 0 Å². The van der Waals surface area contributed by atoms with E-state index in [2.05, 4.69) is 126 Å². The molecule has 0 saturated carbocycles. The predicted molar refractivity (Wildman–Crippen MR) is 203 cm³/mol. The Morgan fingerprint density at radius 3 is 1.70 bits per heavy atom. The topological polar surface area (TPSA) is 56.7 Å². The van der Waals surface area contributed by atoms with Gasteiger partial charge in [0.2, 0.25) is 0 Å². The molecule has 3 aromatic heterocycles. The van der Waals surface area contributed by atoms with Crippen molar-refractivity contribution in [1.82, 2.24) is 19.5 Å². The highest BCUT2D eigenvalue weighted by Gasteiger charge is 2.19. The zero-order valence-electron chi connectivity index (χ0n) is 26.9. The molecule has 0 spiro atoms. The first kappa shape index (κ1) is 28.2. The summed E-state index contributed by atoms with van der Waals surface area (Å²) in [7, 11) is 0. The molecule has 0 aliphatic carbocycles. The summed E-state index contributed by atoms with van der Waals surface area (Å²) < 4.78 is 8.61. The van der Waals surface area contributed by atoms with Crippen molar-refractivity contribution in [2.45, 2.75) is 0 Å². The standard InChI is InChI=1S/C45H28N4O/c1-3-12-29(13-4-1)32-16-11-17-33(28-32)45-47-43(30-14-5-2-6-15-30)46-44(48-45)31-22-24-34(25-23-31)49-37-20-9-7-18-35(37)41-38(49)26-27-40-42(41)36-19-8-10-21-39(36)50-40/h1-28H. The maximum Gasteiger partial charge on any atom is 0.164 e. The van der Waals surface area contributed by atoms with Gasteiger partial charge in [0, 0.05) is 43.9 Å². The molecule has 0 bridgehead atoms. The fraction of sp³-hybridized carbons (Fsp3) is 0. The molecule has 0 atom stereocenters. The van der Waals surface area contributed by atoms with Crippen LogP contribution in [0.15, 0.2) is 174 Å². The van der Waals surface area contributed by atoms with E-state index in [9.17, 15) is 0 Å². The number of furan rings is 1. The third-order valence-electron chi connectivity index (χ3n) is 9.46. The van der Waals surface area contributed by atoms with Crippen molar-refractivity contribution >= 4 is 43.7 Å². The van der Waals surface area contributed by atoms with Crippen molar-refractivity contribution in [1.29, 1.82) is 0 Å². The number of para-hydroxylation sites is 2. The molecular formula is C45H28N4O. The smallest absolute Gasteiger partial charge is 0.164 e. The highest BCUT2D eigenvalue weighted by Crippen LogP contribution is 2.41. The van der Waals surface area contributed by atoms with E-state index in [1.165, 1.54) is 10.8 Å². The lowest BCUT2D eigenvalue weighted by Crippen LogP contribution is -2.00. The van der Waals surface area contributed by atoms with E-state index in [4.69, 9.17) is 19.4 Å². The molecule has 0 fully saturated rings. The first-order chi connectivity index (χ1) is 24.8. The van der Waals surface area contributed by atoms with Crippen LogP contribution in [0.25, 0.3) is 94.7 Å². The van der Waals surface area contributed by atoms with Gasteiger partial charge in [-0.3, -0.25) is 0 Å². The maximum atomic E-state index is 6.27. The Kier molecular flexibility index (Phi) is 6.42. The number of rotatable bonds is 5. The summed E-state index contributed by atoms with van der Waals surface area (Å²) in [4.78, 5) is 15.0. The van der Waals surface area contributed by atoms with Crippen LogP contribution in [-0.4, -0.2) is 19.5 Å². The molecule has 0 amide bonds. The Bertz CT molecular complexity index is 2850. The number of hydrogen-bond acceptors (Lipinski definition) is 4. The Morgan fingerprint density at radius 1 is 0.360 bits per heavy atom. The molecule has 0 N–H and O–H groups in total. The van der Waals surface area contributed by atoms with Crippen molar-refractivity contribution in [3.8, 4) is 51.0 Å². The van der Waals surface area contributed by atoms with Gasteiger partial charge in [0.05, 0.1) is 11.0 Å². The van der Waals surface area contributed by atoms with E-state index in [1.54, 1.807) is 0 Å². The van der Waals surface area contributed by atoms with E-state index in [1.807, 2.05) is 48.5 Å². The number of nitrogens with zero attached hydrogens (tertiary/aromatic N) is 4. The second-order valence-electron chi connectivity index (χ2n) is 12.4. The Hall–Kier alpha value is -6.85. The van der Waals surface area contributed by atoms with E-state index in [-0.39, 0.29) is 0 Å². The minimum Gasteiger partial charge on any atom is -0.456 e. The van der Waals surface area contributed by atoms with Crippen LogP contribution in [0.2, 0.25) is 0 Å². The minimum atomic E-state index is 0.624. The van der Waals surface area contributed by atoms with Gasteiger partial charge in [0.1, 0.15) is 11.2 Å². The van der Waals surface area contributed by atoms with Crippen LogP contribution in [0.5, 0.6) is 0 Å². The maximum absolute atomic E-state index is 6.27. The fourth-order valence-electron chi connectivity index (χ4n) is 7.13. The molecule has 0 aliphatic rings. The van der Waals surface area contributed by atoms with Crippen LogP contribution in [0, 0.1) is 0 Å². The first-order valence-corrected chi connectivity index (χ1v) is 16.7. The van der Waals surface area contributed by atoms with E-state index >= 15 is 0 Å². The predicted octanol–water partition coefficient (Wildman–Crippen LogP) is 11.5. The molecule has 3 heterocycles. The number of hydrogen-bond donors (Lipinski definition) is 0. The van der Waals surface area contributed by atoms with Gasteiger partial charge in [-0.1, -0.05) is 115 Å². The Morgan fingerprint density at radius 2 is 0.940 bits per heavy atom. The summed E-state index contributed by atoms with van der Waals surface area (Å²) in [6.07, 6.45) is 0. The molecule has 0 unspecified atom stereocenters. The number of aromatic nitrogens is 4. The highest BCUT2D eigenvalue weighted by atomic mass is 16.3. The van der Waals surface area contributed by atoms with Crippen LogP contribution in [0.4, 0.5) is 0 Å². The van der Waals surface area contributed by atoms with Crippen LogP contribution in [-0.2, 0) is 0 Å². The molecule has 50 heavy (non-hydrogen) atoms. The zero-order chi connectivity index (χ0) is 33.0.